The van der Waals surface area contributed by atoms with Crippen LogP contribution >= 0.6 is 0 Å². The number of hydrogen-bond acceptors (Lipinski definition) is 7. The first-order valence-electron chi connectivity index (χ1n) is 15.0. The van der Waals surface area contributed by atoms with E-state index in [-0.39, 0.29) is 25.0 Å². The van der Waals surface area contributed by atoms with Gasteiger partial charge < -0.3 is 29.1 Å². The summed E-state index contributed by atoms with van der Waals surface area (Å²) in [6.07, 6.45) is 2.13. The van der Waals surface area contributed by atoms with Crippen LogP contribution in [0.5, 0.6) is 0 Å². The maximum absolute atomic E-state index is 16.2. The van der Waals surface area contributed by atoms with Crippen LogP contribution < -0.4 is 15.1 Å². The van der Waals surface area contributed by atoms with Crippen molar-refractivity contribution in [2.24, 2.45) is 5.92 Å². The second kappa shape index (κ2) is 11.6. The SMILES string of the molecule is C[C@@H]1[C@@H]([Si](C)(C)F)[C@H](CCn2cc(CCO)nn2)O[C@@]12C(=O)N(Cc1ccccc1)c1ccc(N3CCNCC3=O)cc12. The van der Waals surface area contributed by atoms with Crippen LogP contribution in [0.2, 0.25) is 18.6 Å². The maximum Gasteiger partial charge on any atom is 0.264 e. The Balaban J connectivity index is 1.40. The Labute approximate surface area is 252 Å². The fourth-order valence-electron chi connectivity index (χ4n) is 7.21. The second-order valence-electron chi connectivity index (χ2n) is 12.3. The van der Waals surface area contributed by atoms with E-state index in [1.807, 2.05) is 55.5 Å². The summed E-state index contributed by atoms with van der Waals surface area (Å²) < 4.78 is 24.8. The predicted octanol–water partition coefficient (Wildman–Crippen LogP) is 3.16. The van der Waals surface area contributed by atoms with E-state index in [9.17, 15) is 14.7 Å². The largest absolute Gasteiger partial charge is 0.396 e. The monoisotopic (exact) mass is 606 g/mol. The number of carbonyl (C=O) groups is 2. The number of nitrogens with one attached hydrogen (secondary N) is 1. The van der Waals surface area contributed by atoms with E-state index < -0.39 is 31.6 Å². The number of ether oxygens (including phenoxy) is 1. The molecule has 12 heteroatoms. The number of piperazine rings is 1. The molecule has 43 heavy (non-hydrogen) atoms. The molecule has 4 heterocycles. The molecule has 3 aliphatic rings. The van der Waals surface area contributed by atoms with Crippen molar-refractivity contribution >= 4 is 31.6 Å². The molecule has 6 rings (SSSR count). The highest BCUT2D eigenvalue weighted by atomic mass is 28.4. The number of aryl methyl sites for hydroxylation is 1. The number of aliphatic hydroxyl groups is 1. The molecule has 10 nitrogen and oxygen atoms in total. The van der Waals surface area contributed by atoms with Crippen LogP contribution in [0, 0.1) is 5.92 Å². The molecular formula is C31H39FN6O4Si. The Morgan fingerprint density at radius 1 is 1.19 bits per heavy atom. The molecule has 2 N–H and O–H groups in total. The third-order valence-corrected chi connectivity index (χ3v) is 11.6. The number of aromatic nitrogens is 3. The number of benzene rings is 2. The van der Waals surface area contributed by atoms with Crippen molar-refractivity contribution in [3.63, 3.8) is 0 Å². The normalized spacial score (nSPS) is 25.7. The van der Waals surface area contributed by atoms with Gasteiger partial charge in [-0.3, -0.25) is 14.3 Å². The van der Waals surface area contributed by atoms with E-state index in [0.717, 1.165) is 11.3 Å². The molecule has 2 saturated heterocycles. The minimum Gasteiger partial charge on any atom is -0.396 e. The van der Waals surface area contributed by atoms with Gasteiger partial charge in [-0.15, -0.1) is 5.10 Å². The summed E-state index contributed by atoms with van der Waals surface area (Å²) in [5.74, 6) is -0.669. The number of nitrogens with zero attached hydrogens (tertiary/aromatic N) is 5. The number of amides is 2. The summed E-state index contributed by atoms with van der Waals surface area (Å²) in [5.41, 5.74) is 1.97. The van der Waals surface area contributed by atoms with Crippen LogP contribution in [-0.2, 0) is 39.4 Å². The zero-order valence-corrected chi connectivity index (χ0v) is 25.9. The highest BCUT2D eigenvalue weighted by molar-refractivity contribution is 6.72. The lowest BCUT2D eigenvalue weighted by Gasteiger charge is -2.32. The average molecular weight is 607 g/mol. The first kappa shape index (κ1) is 29.6. The third-order valence-electron chi connectivity index (χ3n) is 9.13. The summed E-state index contributed by atoms with van der Waals surface area (Å²) in [6.45, 7) is 7.56. The number of aliphatic hydroxyl groups excluding tert-OH is 1. The molecule has 228 valence electrons. The Morgan fingerprint density at radius 2 is 1.98 bits per heavy atom. The van der Waals surface area contributed by atoms with Crippen LogP contribution in [0.1, 0.15) is 30.2 Å². The molecule has 0 aliphatic carbocycles. The second-order valence-corrected chi connectivity index (χ2v) is 16.1. The van der Waals surface area contributed by atoms with Gasteiger partial charge in [0.2, 0.25) is 14.3 Å². The Bertz CT molecular complexity index is 1500. The summed E-state index contributed by atoms with van der Waals surface area (Å²) in [6, 6.07) is 15.5. The number of halogens is 1. The van der Waals surface area contributed by atoms with Crippen molar-refractivity contribution in [3.8, 4) is 0 Å². The highest BCUT2D eigenvalue weighted by Crippen LogP contribution is 2.60. The van der Waals surface area contributed by atoms with E-state index in [2.05, 4.69) is 15.6 Å². The number of fused-ring (bicyclic) bond motifs is 2. The lowest BCUT2D eigenvalue weighted by molar-refractivity contribution is -0.146. The van der Waals surface area contributed by atoms with Crippen molar-refractivity contribution in [2.45, 2.75) is 63.2 Å². The number of carbonyl (C=O) groups excluding carboxylic acids is 2. The van der Waals surface area contributed by atoms with Crippen LogP contribution in [0.25, 0.3) is 0 Å². The summed E-state index contributed by atoms with van der Waals surface area (Å²) in [5, 5.41) is 20.6. The Kier molecular flexibility index (Phi) is 7.96. The minimum atomic E-state index is -3.34. The minimum absolute atomic E-state index is 0.0172. The number of hydrogen-bond donors (Lipinski definition) is 2. The van der Waals surface area contributed by atoms with Crippen molar-refractivity contribution in [2.75, 3.05) is 36.0 Å². The smallest absolute Gasteiger partial charge is 0.264 e. The molecule has 4 atom stereocenters. The van der Waals surface area contributed by atoms with Gasteiger partial charge in [0.1, 0.15) is 0 Å². The van der Waals surface area contributed by atoms with E-state index in [1.54, 1.807) is 33.8 Å². The molecular weight excluding hydrogens is 567 g/mol. The molecule has 1 aromatic heterocycles. The maximum atomic E-state index is 16.2. The van der Waals surface area contributed by atoms with E-state index in [0.29, 0.717) is 56.0 Å². The molecule has 2 aromatic carbocycles. The van der Waals surface area contributed by atoms with E-state index >= 15 is 4.11 Å². The van der Waals surface area contributed by atoms with E-state index in [4.69, 9.17) is 4.74 Å². The highest BCUT2D eigenvalue weighted by Gasteiger charge is 2.66. The van der Waals surface area contributed by atoms with Gasteiger partial charge in [0, 0.05) is 61.6 Å². The molecule has 2 amide bonds. The average Bonchev–Trinajstić information content (AvgIpc) is 3.63. The van der Waals surface area contributed by atoms with Gasteiger partial charge in [0.25, 0.3) is 5.91 Å². The number of anilines is 2. The lowest BCUT2D eigenvalue weighted by Crippen LogP contribution is -2.48. The molecule has 0 unspecified atom stereocenters. The predicted molar refractivity (Wildman–Crippen MR) is 163 cm³/mol. The molecule has 3 aliphatic heterocycles. The van der Waals surface area contributed by atoms with Gasteiger partial charge in [-0.2, -0.15) is 0 Å². The van der Waals surface area contributed by atoms with Gasteiger partial charge in [0.05, 0.1) is 30.6 Å². The Hall–Kier alpha value is -3.45. The molecule has 0 bridgehead atoms. The van der Waals surface area contributed by atoms with Crippen molar-refractivity contribution in [1.29, 1.82) is 0 Å². The summed E-state index contributed by atoms with van der Waals surface area (Å²) >= 11 is 0. The van der Waals surface area contributed by atoms with E-state index in [1.165, 1.54) is 0 Å². The molecule has 1 spiro atoms. The molecule has 2 fully saturated rings. The van der Waals surface area contributed by atoms with Gasteiger partial charge in [0.15, 0.2) is 5.60 Å². The fraction of sp³-hybridized carbons (Fsp3) is 0.484. The zero-order valence-electron chi connectivity index (χ0n) is 24.9. The Morgan fingerprint density at radius 3 is 2.70 bits per heavy atom. The third kappa shape index (κ3) is 5.30. The fourth-order valence-corrected chi connectivity index (χ4v) is 9.75. The first-order valence-corrected chi connectivity index (χ1v) is 18.0. The van der Waals surface area contributed by atoms with Gasteiger partial charge in [-0.1, -0.05) is 42.5 Å². The molecule has 3 aromatic rings. The molecule has 0 radical (unpaired) electrons. The quantitative estimate of drug-likeness (QED) is 0.284. The van der Waals surface area contributed by atoms with Crippen molar-refractivity contribution in [1.82, 2.24) is 20.3 Å². The van der Waals surface area contributed by atoms with Crippen LogP contribution in [0.15, 0.2) is 54.7 Å². The summed E-state index contributed by atoms with van der Waals surface area (Å²) in [7, 11) is -3.34. The number of rotatable bonds is 9. The van der Waals surface area contributed by atoms with Gasteiger partial charge >= 0.3 is 0 Å². The summed E-state index contributed by atoms with van der Waals surface area (Å²) in [4.78, 5) is 31.0. The van der Waals surface area contributed by atoms with Crippen molar-refractivity contribution < 1.29 is 23.5 Å². The van der Waals surface area contributed by atoms with Crippen LogP contribution in [-0.4, -0.2) is 72.7 Å². The van der Waals surface area contributed by atoms with Crippen molar-refractivity contribution in [3.05, 3.63) is 71.5 Å². The first-order chi connectivity index (χ1) is 20.6. The standard InChI is InChI=1S/C31H39FN6O4Si/c1-21-29(43(2,3)32)27(11-14-36-20-23(12-16-39)34-35-36)42-31(21)25-17-24(37-15-13-33-18-28(37)40)9-10-26(25)38(30(31)41)19-22-7-5-4-6-8-22/h4-10,17,20-21,27,29,33,39H,11-16,18-19H2,1-3H3/t21-,27+,29-,31+/m1/s1. The molecule has 0 saturated carbocycles. The van der Waals surface area contributed by atoms with Gasteiger partial charge in [-0.05, 0) is 43.3 Å². The van der Waals surface area contributed by atoms with Gasteiger partial charge in [-0.25, -0.2) is 0 Å². The lowest BCUT2D eigenvalue weighted by atomic mass is 9.82. The topological polar surface area (TPSA) is 113 Å². The van der Waals surface area contributed by atoms with Crippen LogP contribution in [0.3, 0.4) is 0 Å². The van der Waals surface area contributed by atoms with Crippen LogP contribution in [0.4, 0.5) is 15.5 Å². The zero-order chi connectivity index (χ0) is 30.4.